The van der Waals surface area contributed by atoms with Gasteiger partial charge in [-0.2, -0.15) is 9.97 Å². The van der Waals surface area contributed by atoms with Crippen LogP contribution in [0, 0.1) is 0 Å². The summed E-state index contributed by atoms with van der Waals surface area (Å²) >= 11 is 0. The van der Waals surface area contributed by atoms with Gasteiger partial charge in [0.25, 0.3) is 0 Å². The third-order valence-electron chi connectivity index (χ3n) is 3.50. The molecule has 1 fully saturated rings. The first-order chi connectivity index (χ1) is 10.2. The highest BCUT2D eigenvalue weighted by molar-refractivity contribution is 5.52. The Bertz CT molecular complexity index is 435. The minimum absolute atomic E-state index is 0.0785. The lowest BCUT2D eigenvalue weighted by atomic mass is 10.1. The van der Waals surface area contributed by atoms with Crippen molar-refractivity contribution >= 4 is 17.6 Å². The van der Waals surface area contributed by atoms with Crippen LogP contribution in [-0.2, 0) is 4.74 Å². The number of nitrogens with zero attached hydrogens (tertiary/aromatic N) is 3. The summed E-state index contributed by atoms with van der Waals surface area (Å²) in [5.74, 6) is 1.93. The van der Waals surface area contributed by atoms with Crippen LogP contribution in [0.3, 0.4) is 0 Å². The van der Waals surface area contributed by atoms with Gasteiger partial charge in [-0.15, -0.1) is 0 Å². The Morgan fingerprint density at radius 1 is 1.43 bits per heavy atom. The van der Waals surface area contributed by atoms with E-state index >= 15 is 0 Å². The molecule has 7 nitrogen and oxygen atoms in total. The fraction of sp³-hybridized carbons (Fsp3) is 0.714. The molecule has 1 aromatic heterocycles. The van der Waals surface area contributed by atoms with Crippen LogP contribution < -0.4 is 16.0 Å². The van der Waals surface area contributed by atoms with Gasteiger partial charge in [-0.25, -0.2) is 0 Å². The Kier molecular flexibility index (Phi) is 6.01. The van der Waals surface area contributed by atoms with Gasteiger partial charge in [-0.1, -0.05) is 6.92 Å². The summed E-state index contributed by atoms with van der Waals surface area (Å²) in [5, 5.41) is 12.0. The van der Waals surface area contributed by atoms with Crippen LogP contribution in [-0.4, -0.2) is 54.0 Å². The van der Waals surface area contributed by atoms with Crippen molar-refractivity contribution in [1.29, 1.82) is 0 Å². The zero-order valence-electron chi connectivity index (χ0n) is 12.6. The minimum atomic E-state index is 0.0785. The van der Waals surface area contributed by atoms with Crippen LogP contribution in [0.2, 0.25) is 0 Å². The maximum Gasteiger partial charge on any atom is 0.223 e. The third-order valence-corrected chi connectivity index (χ3v) is 3.50. The van der Waals surface area contributed by atoms with E-state index in [0.717, 1.165) is 50.5 Å². The Labute approximate surface area is 125 Å². The molecule has 1 saturated heterocycles. The van der Waals surface area contributed by atoms with E-state index in [2.05, 4.69) is 27.1 Å². The number of nitrogen functional groups attached to an aromatic ring is 1. The van der Waals surface area contributed by atoms with E-state index in [-0.39, 0.29) is 12.7 Å². The molecule has 0 spiro atoms. The molecule has 0 bridgehead atoms. The Morgan fingerprint density at radius 2 is 2.19 bits per heavy atom. The summed E-state index contributed by atoms with van der Waals surface area (Å²) in [7, 11) is 0. The van der Waals surface area contributed by atoms with E-state index in [0.29, 0.717) is 12.6 Å². The highest BCUT2D eigenvalue weighted by Crippen LogP contribution is 2.22. The molecule has 1 aromatic rings. The first-order valence-electron chi connectivity index (χ1n) is 7.58. The molecule has 118 valence electrons. The number of nitrogens with one attached hydrogen (secondary N) is 1. The molecular weight excluding hydrogens is 270 g/mol. The predicted molar refractivity (Wildman–Crippen MR) is 83.5 cm³/mol. The third kappa shape index (κ3) is 4.71. The second-order valence-corrected chi connectivity index (χ2v) is 5.18. The summed E-state index contributed by atoms with van der Waals surface area (Å²) in [5.41, 5.74) is 5.79. The van der Waals surface area contributed by atoms with Gasteiger partial charge >= 0.3 is 0 Å². The molecule has 4 N–H and O–H groups in total. The maximum absolute atomic E-state index is 8.79. The molecule has 2 rings (SSSR count). The molecule has 7 heteroatoms. The van der Waals surface area contributed by atoms with Crippen molar-refractivity contribution < 1.29 is 9.84 Å². The molecule has 1 aliphatic rings. The van der Waals surface area contributed by atoms with Gasteiger partial charge < -0.3 is 25.8 Å². The van der Waals surface area contributed by atoms with E-state index in [9.17, 15) is 0 Å². The normalized spacial score (nSPS) is 16.2. The smallest absolute Gasteiger partial charge is 0.223 e. The van der Waals surface area contributed by atoms with E-state index in [4.69, 9.17) is 15.6 Å². The monoisotopic (exact) mass is 295 g/mol. The van der Waals surface area contributed by atoms with Crippen molar-refractivity contribution in [2.75, 3.05) is 48.8 Å². The first kappa shape index (κ1) is 15.8. The van der Waals surface area contributed by atoms with E-state index < -0.39 is 0 Å². The highest BCUT2D eigenvalue weighted by atomic mass is 16.5. The maximum atomic E-state index is 8.79. The Morgan fingerprint density at radius 3 is 2.86 bits per heavy atom. The van der Waals surface area contributed by atoms with Crippen LogP contribution in [0.1, 0.15) is 26.2 Å². The zero-order valence-corrected chi connectivity index (χ0v) is 12.6. The minimum Gasteiger partial charge on any atom is -0.394 e. The van der Waals surface area contributed by atoms with Gasteiger partial charge in [0, 0.05) is 25.7 Å². The number of hydrogen-bond donors (Lipinski definition) is 3. The van der Waals surface area contributed by atoms with Crippen molar-refractivity contribution in [2.24, 2.45) is 0 Å². The summed E-state index contributed by atoms with van der Waals surface area (Å²) in [6.45, 7) is 5.22. The Hall–Kier alpha value is -1.60. The van der Waals surface area contributed by atoms with Crippen molar-refractivity contribution in [2.45, 2.75) is 32.3 Å². The van der Waals surface area contributed by atoms with Crippen LogP contribution in [0.15, 0.2) is 6.07 Å². The average molecular weight is 295 g/mol. The molecule has 0 atom stereocenters. The number of ether oxygens (including phenoxy) is 1. The molecular formula is C14H25N5O2. The van der Waals surface area contributed by atoms with E-state index in [1.807, 2.05) is 6.07 Å². The van der Waals surface area contributed by atoms with Crippen molar-refractivity contribution in [1.82, 2.24) is 9.97 Å². The molecule has 0 aliphatic carbocycles. The van der Waals surface area contributed by atoms with E-state index in [1.54, 1.807) is 0 Å². The van der Waals surface area contributed by atoms with Gasteiger partial charge in [0.15, 0.2) is 0 Å². The topological polar surface area (TPSA) is 96.5 Å². The molecule has 0 unspecified atom stereocenters. The Balaban J connectivity index is 1.94. The fourth-order valence-corrected chi connectivity index (χ4v) is 2.43. The molecule has 0 aromatic carbocycles. The lowest BCUT2D eigenvalue weighted by molar-refractivity contribution is 0.0158. The van der Waals surface area contributed by atoms with Gasteiger partial charge in [0.2, 0.25) is 5.95 Å². The largest absolute Gasteiger partial charge is 0.394 e. The van der Waals surface area contributed by atoms with Crippen LogP contribution in [0.4, 0.5) is 17.6 Å². The number of nitrogens with two attached hydrogens (primary N) is 1. The van der Waals surface area contributed by atoms with Crippen LogP contribution in [0.25, 0.3) is 0 Å². The first-order valence-corrected chi connectivity index (χ1v) is 7.58. The molecule has 21 heavy (non-hydrogen) atoms. The van der Waals surface area contributed by atoms with Crippen molar-refractivity contribution in [3.05, 3.63) is 6.07 Å². The van der Waals surface area contributed by atoms with Crippen molar-refractivity contribution in [3.63, 3.8) is 0 Å². The summed E-state index contributed by atoms with van der Waals surface area (Å²) in [6, 6.07) is 1.95. The summed E-state index contributed by atoms with van der Waals surface area (Å²) in [4.78, 5) is 10.7. The second-order valence-electron chi connectivity index (χ2n) is 5.18. The van der Waals surface area contributed by atoms with Crippen LogP contribution >= 0.6 is 0 Å². The molecule has 0 radical (unpaired) electrons. The number of piperidine rings is 1. The second kappa shape index (κ2) is 7.99. The quantitative estimate of drug-likeness (QED) is 0.686. The van der Waals surface area contributed by atoms with E-state index in [1.165, 1.54) is 0 Å². The number of rotatable bonds is 7. The molecule has 1 aliphatic heterocycles. The number of hydrogen-bond acceptors (Lipinski definition) is 7. The van der Waals surface area contributed by atoms with Gasteiger partial charge in [0.05, 0.1) is 19.3 Å². The van der Waals surface area contributed by atoms with Gasteiger partial charge in [-0.05, 0) is 19.3 Å². The summed E-state index contributed by atoms with van der Waals surface area (Å²) in [6.07, 6.45) is 3.13. The lowest BCUT2D eigenvalue weighted by Crippen LogP contribution is -2.38. The highest BCUT2D eigenvalue weighted by Gasteiger charge is 2.21. The zero-order chi connectivity index (χ0) is 15.1. The van der Waals surface area contributed by atoms with Gasteiger partial charge in [-0.3, -0.25) is 0 Å². The fourth-order valence-electron chi connectivity index (χ4n) is 2.43. The predicted octanol–water partition coefficient (Wildman–Crippen LogP) is 0.858. The number of anilines is 3. The SMILES string of the molecule is CCCNc1cc(N2CCC(OCCO)CC2)nc(N)n1. The van der Waals surface area contributed by atoms with Gasteiger partial charge in [0.1, 0.15) is 11.6 Å². The summed E-state index contributed by atoms with van der Waals surface area (Å²) < 4.78 is 5.57. The van der Waals surface area contributed by atoms with Crippen molar-refractivity contribution in [3.8, 4) is 0 Å². The standard InChI is InChI=1S/C14H25N5O2/c1-2-5-16-12-10-13(18-14(15)17-12)19-6-3-11(4-7-19)21-9-8-20/h10-11,20H,2-9H2,1H3,(H3,15,16,17,18). The number of aromatic nitrogens is 2. The molecule has 0 amide bonds. The molecule has 0 saturated carbocycles. The number of aliphatic hydroxyl groups excluding tert-OH is 1. The lowest BCUT2D eigenvalue weighted by Gasteiger charge is -2.32. The average Bonchev–Trinajstić information content (AvgIpc) is 2.51. The van der Waals surface area contributed by atoms with Crippen LogP contribution in [0.5, 0.6) is 0 Å². The number of aliphatic hydroxyl groups is 1. The molecule has 2 heterocycles.